The van der Waals surface area contributed by atoms with Gasteiger partial charge in [-0.2, -0.15) is 0 Å². The Labute approximate surface area is 104 Å². The summed E-state index contributed by atoms with van der Waals surface area (Å²) in [6, 6.07) is 8.59. The van der Waals surface area contributed by atoms with Crippen LogP contribution in [0.1, 0.15) is 10.4 Å². The van der Waals surface area contributed by atoms with Gasteiger partial charge in [0.1, 0.15) is 12.0 Å². The van der Waals surface area contributed by atoms with E-state index in [0.29, 0.717) is 22.9 Å². The van der Waals surface area contributed by atoms with Crippen molar-refractivity contribution in [1.82, 2.24) is 10.2 Å². The Morgan fingerprint density at radius 1 is 1.06 bits per heavy atom. The van der Waals surface area contributed by atoms with Crippen molar-refractivity contribution in [2.75, 3.05) is 14.2 Å². The lowest BCUT2D eigenvalue weighted by atomic mass is 10.1. The highest BCUT2D eigenvalue weighted by Gasteiger charge is 2.09. The van der Waals surface area contributed by atoms with Crippen molar-refractivity contribution in [3.05, 3.63) is 35.9 Å². The molecule has 1 aromatic carbocycles. The van der Waals surface area contributed by atoms with E-state index in [0.717, 1.165) is 11.8 Å². The Morgan fingerprint density at radius 3 is 2.44 bits per heavy atom. The molecule has 0 aliphatic heterocycles. The Bertz CT molecular complexity index is 553. The Morgan fingerprint density at radius 2 is 1.89 bits per heavy atom. The van der Waals surface area contributed by atoms with Gasteiger partial charge in [-0.25, -0.2) is 0 Å². The molecule has 0 amide bonds. The van der Waals surface area contributed by atoms with Crippen LogP contribution in [0.25, 0.3) is 11.3 Å². The number of aldehydes is 1. The zero-order chi connectivity index (χ0) is 13.0. The molecule has 0 saturated carbocycles. The largest absolute Gasteiger partial charge is 0.496 e. The fraction of sp³-hybridized carbons (Fsp3) is 0.154. The first-order valence-corrected chi connectivity index (χ1v) is 5.30. The number of rotatable bonds is 4. The minimum absolute atomic E-state index is 0.434. The van der Waals surface area contributed by atoms with Gasteiger partial charge in [-0.1, -0.05) is 0 Å². The molecule has 0 aliphatic rings. The summed E-state index contributed by atoms with van der Waals surface area (Å²) in [6.07, 6.45) is 0.778. The Kier molecular flexibility index (Phi) is 3.52. The molecule has 0 radical (unpaired) electrons. The molecule has 0 aliphatic carbocycles. The monoisotopic (exact) mass is 244 g/mol. The summed E-state index contributed by atoms with van der Waals surface area (Å²) in [7, 11) is 3.09. The number of hydrogen-bond acceptors (Lipinski definition) is 5. The second-order valence-electron chi connectivity index (χ2n) is 3.54. The third-order valence-electron chi connectivity index (χ3n) is 2.48. The van der Waals surface area contributed by atoms with E-state index in [2.05, 4.69) is 10.2 Å². The number of nitrogens with zero attached hydrogens (tertiary/aromatic N) is 2. The van der Waals surface area contributed by atoms with Crippen molar-refractivity contribution in [2.24, 2.45) is 0 Å². The van der Waals surface area contributed by atoms with Gasteiger partial charge in [0.05, 0.1) is 19.9 Å². The van der Waals surface area contributed by atoms with Gasteiger partial charge >= 0.3 is 0 Å². The first-order chi connectivity index (χ1) is 8.78. The second-order valence-corrected chi connectivity index (χ2v) is 3.54. The van der Waals surface area contributed by atoms with Crippen LogP contribution in [0.2, 0.25) is 0 Å². The molecule has 92 valence electrons. The topological polar surface area (TPSA) is 61.3 Å². The maximum atomic E-state index is 10.8. The Balaban J connectivity index is 2.49. The quantitative estimate of drug-likeness (QED) is 0.769. The van der Waals surface area contributed by atoms with Gasteiger partial charge in [-0.15, -0.1) is 10.2 Å². The van der Waals surface area contributed by atoms with Gasteiger partial charge in [0.2, 0.25) is 5.88 Å². The predicted molar refractivity (Wildman–Crippen MR) is 66.0 cm³/mol. The van der Waals surface area contributed by atoms with E-state index in [1.54, 1.807) is 37.4 Å². The number of methoxy groups -OCH3 is 2. The molecule has 5 nitrogen and oxygen atoms in total. The summed E-state index contributed by atoms with van der Waals surface area (Å²) in [5, 5.41) is 7.92. The van der Waals surface area contributed by atoms with E-state index in [1.165, 1.54) is 7.11 Å². The average molecular weight is 244 g/mol. The maximum Gasteiger partial charge on any atom is 0.233 e. The molecule has 2 aromatic rings. The first kappa shape index (κ1) is 12.0. The summed E-state index contributed by atoms with van der Waals surface area (Å²) in [5.74, 6) is 1.07. The van der Waals surface area contributed by atoms with Crippen LogP contribution in [0.4, 0.5) is 0 Å². The first-order valence-electron chi connectivity index (χ1n) is 5.30. The van der Waals surface area contributed by atoms with E-state index >= 15 is 0 Å². The SMILES string of the molecule is COc1ccc(-c2cc(C=O)ccc2OC)nn1. The van der Waals surface area contributed by atoms with Crippen LogP contribution in [0.5, 0.6) is 11.6 Å². The van der Waals surface area contributed by atoms with Crippen LogP contribution < -0.4 is 9.47 Å². The number of ether oxygens (including phenoxy) is 2. The van der Waals surface area contributed by atoms with E-state index < -0.39 is 0 Å². The summed E-state index contributed by atoms with van der Waals surface area (Å²) in [5.41, 5.74) is 1.90. The van der Waals surface area contributed by atoms with Crippen molar-refractivity contribution in [1.29, 1.82) is 0 Å². The lowest BCUT2D eigenvalue weighted by Gasteiger charge is -2.08. The third-order valence-corrected chi connectivity index (χ3v) is 2.48. The average Bonchev–Trinajstić information content (AvgIpc) is 2.46. The van der Waals surface area contributed by atoms with Crippen molar-refractivity contribution < 1.29 is 14.3 Å². The zero-order valence-corrected chi connectivity index (χ0v) is 10.1. The van der Waals surface area contributed by atoms with E-state index in [-0.39, 0.29) is 0 Å². The molecule has 0 saturated heterocycles. The smallest absolute Gasteiger partial charge is 0.233 e. The van der Waals surface area contributed by atoms with Crippen molar-refractivity contribution >= 4 is 6.29 Å². The summed E-state index contributed by atoms with van der Waals surface area (Å²) in [6.45, 7) is 0. The number of carbonyl (C=O) groups excluding carboxylic acids is 1. The van der Waals surface area contributed by atoms with Crippen LogP contribution in [0.15, 0.2) is 30.3 Å². The highest BCUT2D eigenvalue weighted by atomic mass is 16.5. The predicted octanol–water partition coefficient (Wildman–Crippen LogP) is 1.97. The number of benzene rings is 1. The molecule has 18 heavy (non-hydrogen) atoms. The normalized spacial score (nSPS) is 9.89. The van der Waals surface area contributed by atoms with Crippen LogP contribution in [0.3, 0.4) is 0 Å². The van der Waals surface area contributed by atoms with E-state index in [4.69, 9.17) is 9.47 Å². The van der Waals surface area contributed by atoms with Gasteiger partial charge in [0, 0.05) is 17.2 Å². The fourth-order valence-corrected chi connectivity index (χ4v) is 1.57. The number of hydrogen-bond donors (Lipinski definition) is 0. The molecular formula is C13H12N2O3. The van der Waals surface area contributed by atoms with Gasteiger partial charge < -0.3 is 9.47 Å². The molecule has 5 heteroatoms. The molecule has 2 rings (SSSR count). The van der Waals surface area contributed by atoms with Crippen molar-refractivity contribution in [3.8, 4) is 22.9 Å². The van der Waals surface area contributed by atoms with Gasteiger partial charge in [0.25, 0.3) is 0 Å². The standard InChI is InChI=1S/C13H12N2O3/c1-17-12-5-3-9(8-16)7-10(12)11-4-6-13(18-2)15-14-11/h3-8H,1-2H3. The zero-order valence-electron chi connectivity index (χ0n) is 10.1. The summed E-state index contributed by atoms with van der Waals surface area (Å²) < 4.78 is 10.2. The second kappa shape index (κ2) is 5.27. The molecule has 1 aromatic heterocycles. The van der Waals surface area contributed by atoms with Crippen LogP contribution >= 0.6 is 0 Å². The molecule has 0 N–H and O–H groups in total. The molecule has 0 spiro atoms. The minimum atomic E-state index is 0.434. The van der Waals surface area contributed by atoms with Gasteiger partial charge in [0.15, 0.2) is 0 Å². The lowest BCUT2D eigenvalue weighted by Crippen LogP contribution is -1.95. The lowest BCUT2D eigenvalue weighted by molar-refractivity contribution is 0.112. The molecule has 0 unspecified atom stereocenters. The molecule has 0 bridgehead atoms. The third kappa shape index (κ3) is 2.29. The highest BCUT2D eigenvalue weighted by molar-refractivity contribution is 5.80. The van der Waals surface area contributed by atoms with Crippen molar-refractivity contribution in [2.45, 2.75) is 0 Å². The molecular weight excluding hydrogens is 232 g/mol. The fourth-order valence-electron chi connectivity index (χ4n) is 1.57. The summed E-state index contributed by atoms with van der Waals surface area (Å²) >= 11 is 0. The van der Waals surface area contributed by atoms with Crippen LogP contribution in [-0.4, -0.2) is 30.7 Å². The maximum absolute atomic E-state index is 10.8. The van der Waals surface area contributed by atoms with Gasteiger partial charge in [-0.05, 0) is 24.3 Å². The highest BCUT2D eigenvalue weighted by Crippen LogP contribution is 2.29. The molecule has 0 atom stereocenters. The van der Waals surface area contributed by atoms with Gasteiger partial charge in [-0.3, -0.25) is 4.79 Å². The Hall–Kier alpha value is -2.43. The summed E-state index contributed by atoms with van der Waals surface area (Å²) in [4.78, 5) is 10.8. The van der Waals surface area contributed by atoms with E-state index in [9.17, 15) is 4.79 Å². The number of carbonyl (C=O) groups is 1. The van der Waals surface area contributed by atoms with E-state index in [1.807, 2.05) is 0 Å². The van der Waals surface area contributed by atoms with Crippen LogP contribution in [-0.2, 0) is 0 Å². The molecule has 1 heterocycles. The van der Waals surface area contributed by atoms with Crippen LogP contribution in [0, 0.1) is 0 Å². The minimum Gasteiger partial charge on any atom is -0.496 e. The van der Waals surface area contributed by atoms with Crippen molar-refractivity contribution in [3.63, 3.8) is 0 Å². The number of aromatic nitrogens is 2. The molecule has 0 fully saturated rings.